The molecule has 0 amide bonds. The molecular formula is C24H34O6. The molecule has 0 saturated heterocycles. The molecule has 1 aromatic rings. The van der Waals surface area contributed by atoms with Crippen molar-refractivity contribution in [3.63, 3.8) is 0 Å². The number of aliphatic hydroxyl groups excluding tert-OH is 2. The zero-order valence-corrected chi connectivity index (χ0v) is 17.6. The van der Waals surface area contributed by atoms with E-state index < -0.39 is 11.9 Å². The molecule has 3 rings (SSSR count). The minimum Gasteiger partial charge on any atom is -0.478 e. The molecule has 2 aliphatic carbocycles. The predicted octanol–water partition coefficient (Wildman–Crippen LogP) is 3.77. The molecule has 0 spiro atoms. The fourth-order valence-corrected chi connectivity index (χ4v) is 5.37. The van der Waals surface area contributed by atoms with E-state index in [1.54, 1.807) is 0 Å². The molecule has 0 aliphatic heterocycles. The number of aliphatic hydroxyl groups is 2. The molecule has 0 heterocycles. The Morgan fingerprint density at radius 3 is 1.20 bits per heavy atom. The van der Waals surface area contributed by atoms with Crippen molar-refractivity contribution in [3.05, 3.63) is 34.4 Å². The van der Waals surface area contributed by atoms with E-state index in [9.17, 15) is 30.0 Å². The third-order valence-electron chi connectivity index (χ3n) is 7.33. The first-order valence-corrected chi connectivity index (χ1v) is 11.3. The van der Waals surface area contributed by atoms with Gasteiger partial charge in [0.15, 0.2) is 0 Å². The van der Waals surface area contributed by atoms with E-state index in [0.717, 1.165) is 51.4 Å². The quantitative estimate of drug-likeness (QED) is 0.511. The molecule has 2 fully saturated rings. The Morgan fingerprint density at radius 2 is 0.933 bits per heavy atom. The monoisotopic (exact) mass is 418 g/mol. The van der Waals surface area contributed by atoms with E-state index in [1.165, 1.54) is 12.1 Å². The van der Waals surface area contributed by atoms with Gasteiger partial charge in [-0.2, -0.15) is 0 Å². The molecule has 30 heavy (non-hydrogen) atoms. The van der Waals surface area contributed by atoms with Crippen LogP contribution in [0.2, 0.25) is 0 Å². The number of carboxylic acids is 2. The van der Waals surface area contributed by atoms with Crippen molar-refractivity contribution in [2.45, 2.75) is 64.2 Å². The lowest BCUT2D eigenvalue weighted by Gasteiger charge is -2.31. The first-order chi connectivity index (χ1) is 14.4. The standard InChI is InChI=1S/C24H34O6/c25-13-17-5-1-15(2-6-17)11-21-19(23(27)28)9-10-20(24(29)30)22(21)12-16-3-7-18(14-26)8-4-16/h9-10,15-18,25-26H,1-8,11-14H2,(H,27,28)(H,29,30). The van der Waals surface area contributed by atoms with Gasteiger partial charge in [0.25, 0.3) is 0 Å². The third kappa shape index (κ3) is 5.41. The zero-order valence-electron chi connectivity index (χ0n) is 17.6. The Kier molecular flexibility index (Phi) is 7.89. The fourth-order valence-electron chi connectivity index (χ4n) is 5.37. The molecule has 0 bridgehead atoms. The Morgan fingerprint density at radius 1 is 0.633 bits per heavy atom. The molecule has 0 radical (unpaired) electrons. The summed E-state index contributed by atoms with van der Waals surface area (Å²) in [5.74, 6) is -0.719. The maximum Gasteiger partial charge on any atom is 0.335 e. The molecule has 4 N–H and O–H groups in total. The number of hydrogen-bond donors (Lipinski definition) is 4. The summed E-state index contributed by atoms with van der Waals surface area (Å²) < 4.78 is 0. The van der Waals surface area contributed by atoms with Gasteiger partial charge in [0.05, 0.1) is 11.1 Å². The molecular weight excluding hydrogens is 384 g/mol. The van der Waals surface area contributed by atoms with Crippen LogP contribution in [0.5, 0.6) is 0 Å². The maximum atomic E-state index is 12.0. The van der Waals surface area contributed by atoms with Gasteiger partial charge in [-0.3, -0.25) is 0 Å². The average molecular weight is 419 g/mol. The smallest absolute Gasteiger partial charge is 0.335 e. The van der Waals surface area contributed by atoms with Crippen molar-refractivity contribution < 1.29 is 30.0 Å². The van der Waals surface area contributed by atoms with Gasteiger partial charge in [0, 0.05) is 13.2 Å². The van der Waals surface area contributed by atoms with Crippen LogP contribution in [0.25, 0.3) is 0 Å². The number of carbonyl (C=O) groups is 2. The van der Waals surface area contributed by atoms with Crippen molar-refractivity contribution in [2.24, 2.45) is 23.7 Å². The van der Waals surface area contributed by atoms with Gasteiger partial charge in [0.2, 0.25) is 0 Å². The van der Waals surface area contributed by atoms with Crippen LogP contribution in [0.3, 0.4) is 0 Å². The van der Waals surface area contributed by atoms with E-state index in [1.807, 2.05) is 0 Å². The third-order valence-corrected chi connectivity index (χ3v) is 7.33. The van der Waals surface area contributed by atoms with Crippen LogP contribution in [-0.2, 0) is 12.8 Å². The largest absolute Gasteiger partial charge is 0.478 e. The Hall–Kier alpha value is -1.92. The Labute approximate surface area is 177 Å². The summed E-state index contributed by atoms with van der Waals surface area (Å²) >= 11 is 0. The van der Waals surface area contributed by atoms with Crippen LogP contribution in [0.15, 0.2) is 12.1 Å². The maximum absolute atomic E-state index is 12.0. The summed E-state index contributed by atoms with van der Waals surface area (Å²) in [6.45, 7) is 0.396. The van der Waals surface area contributed by atoms with Crippen LogP contribution in [0, 0.1) is 23.7 Å². The van der Waals surface area contributed by atoms with E-state index in [0.29, 0.717) is 47.6 Å². The topological polar surface area (TPSA) is 115 Å². The summed E-state index contributed by atoms with van der Waals surface area (Å²) in [5, 5.41) is 38.4. The lowest BCUT2D eigenvalue weighted by atomic mass is 9.75. The highest BCUT2D eigenvalue weighted by Gasteiger charge is 2.29. The second-order valence-corrected chi connectivity index (χ2v) is 9.27. The SMILES string of the molecule is O=C(O)c1ccc(C(=O)O)c(CC2CCC(CO)CC2)c1CC1CCC(CO)CC1. The lowest BCUT2D eigenvalue weighted by Crippen LogP contribution is -2.23. The van der Waals surface area contributed by atoms with E-state index >= 15 is 0 Å². The van der Waals surface area contributed by atoms with Crippen LogP contribution in [0.1, 0.15) is 83.2 Å². The number of aromatic carboxylic acids is 2. The summed E-state index contributed by atoms with van der Waals surface area (Å²) in [5.41, 5.74) is 1.84. The molecule has 0 atom stereocenters. The van der Waals surface area contributed by atoms with Crippen molar-refractivity contribution in [3.8, 4) is 0 Å². The van der Waals surface area contributed by atoms with Crippen LogP contribution >= 0.6 is 0 Å². The molecule has 2 saturated carbocycles. The second-order valence-electron chi connectivity index (χ2n) is 9.27. The van der Waals surface area contributed by atoms with Crippen LogP contribution < -0.4 is 0 Å². The molecule has 0 aromatic heterocycles. The molecule has 166 valence electrons. The van der Waals surface area contributed by atoms with Gasteiger partial charge in [-0.1, -0.05) is 0 Å². The normalized spacial score (nSPS) is 27.0. The number of rotatable bonds is 8. The minimum absolute atomic E-state index is 0.198. The Bertz CT molecular complexity index is 679. The van der Waals surface area contributed by atoms with Crippen molar-refractivity contribution in [1.29, 1.82) is 0 Å². The number of carboxylic acid groups (broad SMARTS) is 2. The summed E-state index contributed by atoms with van der Waals surface area (Å²) in [6, 6.07) is 2.90. The highest BCUT2D eigenvalue weighted by molar-refractivity contribution is 5.95. The highest BCUT2D eigenvalue weighted by atomic mass is 16.4. The van der Waals surface area contributed by atoms with Gasteiger partial charge in [-0.25, -0.2) is 9.59 Å². The fraction of sp³-hybridized carbons (Fsp3) is 0.667. The van der Waals surface area contributed by atoms with Crippen LogP contribution in [-0.4, -0.2) is 45.6 Å². The molecule has 0 unspecified atom stereocenters. The predicted molar refractivity (Wildman–Crippen MR) is 113 cm³/mol. The van der Waals surface area contributed by atoms with Crippen molar-refractivity contribution in [2.75, 3.05) is 13.2 Å². The first kappa shape index (κ1) is 22.8. The summed E-state index contributed by atoms with van der Waals surface area (Å²) in [4.78, 5) is 23.9. The lowest BCUT2D eigenvalue weighted by molar-refractivity contribution is 0.0678. The van der Waals surface area contributed by atoms with Gasteiger partial charge < -0.3 is 20.4 Å². The molecule has 1 aromatic carbocycles. The van der Waals surface area contributed by atoms with Crippen molar-refractivity contribution in [1.82, 2.24) is 0 Å². The van der Waals surface area contributed by atoms with Crippen molar-refractivity contribution >= 4 is 11.9 Å². The Balaban J connectivity index is 1.88. The number of hydrogen-bond acceptors (Lipinski definition) is 4. The van der Waals surface area contributed by atoms with E-state index in [2.05, 4.69) is 0 Å². The van der Waals surface area contributed by atoms with E-state index in [4.69, 9.17) is 0 Å². The second kappa shape index (κ2) is 10.4. The summed E-state index contributed by atoms with van der Waals surface area (Å²) in [7, 11) is 0. The van der Waals surface area contributed by atoms with E-state index in [-0.39, 0.29) is 24.3 Å². The number of benzene rings is 1. The average Bonchev–Trinajstić information content (AvgIpc) is 2.75. The van der Waals surface area contributed by atoms with Gasteiger partial charge in [0.1, 0.15) is 0 Å². The van der Waals surface area contributed by atoms with Crippen LogP contribution in [0.4, 0.5) is 0 Å². The zero-order chi connectivity index (χ0) is 21.7. The van der Waals surface area contributed by atoms with Gasteiger partial charge in [-0.05, 0) is 111 Å². The van der Waals surface area contributed by atoms with Gasteiger partial charge >= 0.3 is 11.9 Å². The molecule has 2 aliphatic rings. The molecule has 6 nitrogen and oxygen atoms in total. The molecule has 6 heteroatoms. The highest BCUT2D eigenvalue weighted by Crippen LogP contribution is 2.36. The first-order valence-electron chi connectivity index (χ1n) is 11.3. The summed E-state index contributed by atoms with van der Waals surface area (Å²) in [6.07, 6.45) is 8.64. The van der Waals surface area contributed by atoms with Gasteiger partial charge in [-0.15, -0.1) is 0 Å². The minimum atomic E-state index is -1.00.